The maximum absolute atomic E-state index is 5.84. The van der Waals surface area contributed by atoms with E-state index in [0.29, 0.717) is 6.04 Å². The summed E-state index contributed by atoms with van der Waals surface area (Å²) in [5.74, 6) is 0.838. The normalized spacial score (nSPS) is 17.8. The van der Waals surface area contributed by atoms with Crippen molar-refractivity contribution >= 4 is 15.9 Å². The SMILES string of the molecule is CN(Cc1ccc(Br)cc1)C(CN)C1CC1. The third-order valence-electron chi connectivity index (χ3n) is 3.32. The lowest BCUT2D eigenvalue weighted by atomic mass is 10.1. The molecular formula is C13H19BrN2. The van der Waals surface area contributed by atoms with Crippen LogP contribution in [0.25, 0.3) is 0 Å². The molecule has 88 valence electrons. The van der Waals surface area contributed by atoms with Crippen LogP contribution < -0.4 is 5.73 Å². The predicted molar refractivity (Wildman–Crippen MR) is 71.2 cm³/mol. The summed E-state index contributed by atoms with van der Waals surface area (Å²) in [4.78, 5) is 2.39. The predicted octanol–water partition coefficient (Wildman–Crippen LogP) is 2.62. The van der Waals surface area contributed by atoms with Gasteiger partial charge >= 0.3 is 0 Å². The van der Waals surface area contributed by atoms with E-state index in [0.717, 1.165) is 23.5 Å². The van der Waals surface area contributed by atoms with Crippen LogP contribution in [0.2, 0.25) is 0 Å². The van der Waals surface area contributed by atoms with Crippen molar-refractivity contribution in [3.8, 4) is 0 Å². The fourth-order valence-electron chi connectivity index (χ4n) is 2.21. The molecule has 0 aromatic heterocycles. The molecule has 0 heterocycles. The summed E-state index contributed by atoms with van der Waals surface area (Å²) >= 11 is 3.45. The Morgan fingerprint density at radius 2 is 2.00 bits per heavy atom. The van der Waals surface area contributed by atoms with Crippen LogP contribution in [0.4, 0.5) is 0 Å². The number of nitrogens with two attached hydrogens (primary N) is 1. The zero-order chi connectivity index (χ0) is 11.5. The second kappa shape index (κ2) is 5.30. The van der Waals surface area contributed by atoms with Crippen molar-refractivity contribution < 1.29 is 0 Å². The fraction of sp³-hybridized carbons (Fsp3) is 0.538. The van der Waals surface area contributed by atoms with Crippen molar-refractivity contribution in [2.45, 2.75) is 25.4 Å². The van der Waals surface area contributed by atoms with Crippen molar-refractivity contribution in [3.05, 3.63) is 34.3 Å². The number of rotatable bonds is 5. The Bertz CT molecular complexity index is 332. The molecule has 1 fully saturated rings. The van der Waals surface area contributed by atoms with E-state index in [2.05, 4.69) is 52.1 Å². The van der Waals surface area contributed by atoms with E-state index < -0.39 is 0 Å². The molecular weight excluding hydrogens is 264 g/mol. The summed E-state index contributed by atoms with van der Waals surface area (Å²) < 4.78 is 1.14. The molecule has 16 heavy (non-hydrogen) atoms. The summed E-state index contributed by atoms with van der Waals surface area (Å²) in [6, 6.07) is 9.08. The molecule has 3 heteroatoms. The van der Waals surface area contributed by atoms with E-state index in [1.54, 1.807) is 0 Å². The molecule has 0 amide bonds. The second-order valence-corrected chi connectivity index (χ2v) is 5.60. The molecule has 0 radical (unpaired) electrons. The maximum Gasteiger partial charge on any atom is 0.0247 e. The Morgan fingerprint density at radius 1 is 1.38 bits per heavy atom. The quantitative estimate of drug-likeness (QED) is 0.900. The molecule has 1 saturated carbocycles. The van der Waals surface area contributed by atoms with Gasteiger partial charge in [-0.3, -0.25) is 4.90 Å². The molecule has 1 unspecified atom stereocenters. The molecule has 1 aliphatic rings. The molecule has 0 saturated heterocycles. The van der Waals surface area contributed by atoms with Crippen molar-refractivity contribution in [2.75, 3.05) is 13.6 Å². The highest BCUT2D eigenvalue weighted by atomic mass is 79.9. The lowest BCUT2D eigenvalue weighted by Gasteiger charge is -2.27. The van der Waals surface area contributed by atoms with Gasteiger partial charge in [0.15, 0.2) is 0 Å². The number of hydrogen-bond donors (Lipinski definition) is 1. The van der Waals surface area contributed by atoms with Crippen molar-refractivity contribution in [3.63, 3.8) is 0 Å². The van der Waals surface area contributed by atoms with E-state index >= 15 is 0 Å². The standard InChI is InChI=1S/C13H19BrN2/c1-16(13(8-15)11-4-5-11)9-10-2-6-12(14)7-3-10/h2-3,6-7,11,13H,4-5,8-9,15H2,1H3. The van der Waals surface area contributed by atoms with Gasteiger partial charge in [-0.05, 0) is 43.5 Å². The number of hydrogen-bond acceptors (Lipinski definition) is 2. The monoisotopic (exact) mass is 282 g/mol. The Labute approximate surface area is 106 Å². The molecule has 1 aromatic rings. The molecule has 2 nitrogen and oxygen atoms in total. The van der Waals surface area contributed by atoms with Crippen LogP contribution in [-0.4, -0.2) is 24.5 Å². The van der Waals surface area contributed by atoms with Crippen molar-refractivity contribution in [1.29, 1.82) is 0 Å². The average molecular weight is 283 g/mol. The van der Waals surface area contributed by atoms with E-state index in [1.807, 2.05) is 0 Å². The Morgan fingerprint density at radius 3 is 2.50 bits per heavy atom. The summed E-state index contributed by atoms with van der Waals surface area (Å²) in [6.45, 7) is 1.77. The first-order chi connectivity index (χ1) is 7.70. The molecule has 1 atom stereocenters. The minimum atomic E-state index is 0.559. The number of benzene rings is 1. The van der Waals surface area contributed by atoms with Gasteiger partial charge in [-0.15, -0.1) is 0 Å². The first-order valence-electron chi connectivity index (χ1n) is 5.85. The van der Waals surface area contributed by atoms with Crippen LogP contribution in [0.5, 0.6) is 0 Å². The lowest BCUT2D eigenvalue weighted by molar-refractivity contribution is 0.215. The summed E-state index contributed by atoms with van der Waals surface area (Å²) in [5, 5.41) is 0. The largest absolute Gasteiger partial charge is 0.329 e. The number of likely N-dealkylation sites (N-methyl/N-ethyl adjacent to an activating group) is 1. The summed E-state index contributed by atoms with van der Waals surface area (Å²) in [7, 11) is 2.18. The van der Waals surface area contributed by atoms with Crippen molar-refractivity contribution in [2.24, 2.45) is 11.7 Å². The van der Waals surface area contributed by atoms with Crippen LogP contribution in [0.1, 0.15) is 18.4 Å². The van der Waals surface area contributed by atoms with Crippen LogP contribution in [0.15, 0.2) is 28.7 Å². The third kappa shape index (κ3) is 3.06. The van der Waals surface area contributed by atoms with Crippen LogP contribution in [0.3, 0.4) is 0 Å². The first-order valence-corrected chi connectivity index (χ1v) is 6.64. The van der Waals surface area contributed by atoms with Gasteiger partial charge < -0.3 is 5.73 Å². The third-order valence-corrected chi connectivity index (χ3v) is 3.85. The van der Waals surface area contributed by atoms with Gasteiger partial charge in [0, 0.05) is 23.6 Å². The minimum absolute atomic E-state index is 0.559. The Hall–Kier alpha value is -0.380. The molecule has 1 aliphatic carbocycles. The summed E-state index contributed by atoms with van der Waals surface area (Å²) in [6.07, 6.45) is 2.71. The van der Waals surface area contributed by atoms with Crippen LogP contribution in [0, 0.1) is 5.92 Å². The van der Waals surface area contributed by atoms with E-state index in [4.69, 9.17) is 5.73 Å². The van der Waals surface area contributed by atoms with Gasteiger partial charge in [0.05, 0.1) is 0 Å². The Kier molecular flexibility index (Phi) is 4.00. The topological polar surface area (TPSA) is 29.3 Å². The van der Waals surface area contributed by atoms with Crippen LogP contribution >= 0.6 is 15.9 Å². The van der Waals surface area contributed by atoms with Gasteiger partial charge in [-0.2, -0.15) is 0 Å². The van der Waals surface area contributed by atoms with E-state index in [9.17, 15) is 0 Å². The van der Waals surface area contributed by atoms with Gasteiger partial charge in [-0.1, -0.05) is 28.1 Å². The molecule has 0 spiro atoms. The van der Waals surface area contributed by atoms with Gasteiger partial charge in [-0.25, -0.2) is 0 Å². The average Bonchev–Trinajstić information content (AvgIpc) is 3.07. The molecule has 0 aliphatic heterocycles. The minimum Gasteiger partial charge on any atom is -0.329 e. The Balaban J connectivity index is 1.94. The number of halogens is 1. The van der Waals surface area contributed by atoms with Crippen LogP contribution in [-0.2, 0) is 6.54 Å². The molecule has 2 rings (SSSR count). The lowest BCUT2D eigenvalue weighted by Crippen LogP contribution is -2.39. The van der Waals surface area contributed by atoms with E-state index in [-0.39, 0.29) is 0 Å². The van der Waals surface area contributed by atoms with E-state index in [1.165, 1.54) is 18.4 Å². The highest BCUT2D eigenvalue weighted by Gasteiger charge is 2.32. The van der Waals surface area contributed by atoms with Gasteiger partial charge in [0.2, 0.25) is 0 Å². The highest BCUT2D eigenvalue weighted by molar-refractivity contribution is 9.10. The maximum atomic E-state index is 5.84. The molecule has 0 bridgehead atoms. The zero-order valence-electron chi connectivity index (χ0n) is 9.70. The molecule has 1 aromatic carbocycles. The number of nitrogens with zero attached hydrogens (tertiary/aromatic N) is 1. The zero-order valence-corrected chi connectivity index (χ0v) is 11.3. The van der Waals surface area contributed by atoms with Gasteiger partial charge in [0.25, 0.3) is 0 Å². The smallest absolute Gasteiger partial charge is 0.0247 e. The second-order valence-electron chi connectivity index (χ2n) is 4.68. The highest BCUT2D eigenvalue weighted by Crippen LogP contribution is 2.34. The van der Waals surface area contributed by atoms with Crippen molar-refractivity contribution in [1.82, 2.24) is 4.90 Å². The van der Waals surface area contributed by atoms with Gasteiger partial charge in [0.1, 0.15) is 0 Å². The fourth-order valence-corrected chi connectivity index (χ4v) is 2.47. The first kappa shape index (κ1) is 12.1. The molecule has 2 N–H and O–H groups in total. The summed E-state index contributed by atoms with van der Waals surface area (Å²) in [5.41, 5.74) is 7.19.